The van der Waals surface area contributed by atoms with Crippen LogP contribution in [0.2, 0.25) is 5.02 Å². The van der Waals surface area contributed by atoms with Crippen LogP contribution in [0.25, 0.3) is 0 Å². The Labute approximate surface area is 129 Å². The highest BCUT2D eigenvalue weighted by atomic mass is 35.5. The fourth-order valence-corrected chi connectivity index (χ4v) is 2.95. The van der Waals surface area contributed by atoms with Crippen LogP contribution in [0.15, 0.2) is 47.4 Å². The summed E-state index contributed by atoms with van der Waals surface area (Å²) in [7, 11) is 1.67. The van der Waals surface area contributed by atoms with E-state index in [-0.39, 0.29) is 0 Å². The van der Waals surface area contributed by atoms with Crippen molar-refractivity contribution in [3.05, 3.63) is 53.1 Å². The Kier molecular flexibility index (Phi) is 5.62. The summed E-state index contributed by atoms with van der Waals surface area (Å²) in [6.07, 6.45) is 0. The summed E-state index contributed by atoms with van der Waals surface area (Å²) >= 11 is 7.88. The van der Waals surface area contributed by atoms with Crippen molar-refractivity contribution in [2.75, 3.05) is 18.2 Å². The minimum absolute atomic E-state index is 0.686. The molecule has 0 saturated carbocycles. The van der Waals surface area contributed by atoms with Crippen molar-refractivity contribution in [1.29, 1.82) is 0 Å². The lowest BCUT2D eigenvalue weighted by atomic mass is 10.2. The topological polar surface area (TPSA) is 21.3 Å². The van der Waals surface area contributed by atoms with Gasteiger partial charge in [-0.05, 0) is 36.1 Å². The molecule has 0 fully saturated rings. The zero-order valence-electron chi connectivity index (χ0n) is 11.7. The van der Waals surface area contributed by atoms with Crippen LogP contribution in [-0.2, 0) is 6.54 Å². The lowest BCUT2D eigenvalue weighted by Crippen LogP contribution is -2.02. The maximum absolute atomic E-state index is 6.05. The number of halogens is 1. The molecule has 20 heavy (non-hydrogen) atoms. The molecule has 0 heterocycles. The lowest BCUT2D eigenvalue weighted by molar-refractivity contribution is 0.410. The van der Waals surface area contributed by atoms with Gasteiger partial charge < -0.3 is 10.1 Å². The average Bonchev–Trinajstić information content (AvgIpc) is 2.47. The van der Waals surface area contributed by atoms with Gasteiger partial charge in [0.2, 0.25) is 0 Å². The molecule has 0 aliphatic rings. The molecule has 0 aliphatic heterocycles. The van der Waals surface area contributed by atoms with E-state index in [1.165, 1.54) is 4.90 Å². The van der Waals surface area contributed by atoms with E-state index >= 15 is 0 Å². The van der Waals surface area contributed by atoms with Crippen molar-refractivity contribution in [2.24, 2.45) is 0 Å². The number of para-hydroxylation sites is 1. The number of nitrogens with one attached hydrogen (secondary N) is 1. The molecule has 0 aliphatic carbocycles. The molecule has 2 aromatic carbocycles. The Morgan fingerprint density at radius 2 is 2.00 bits per heavy atom. The van der Waals surface area contributed by atoms with Crippen molar-refractivity contribution < 1.29 is 4.74 Å². The van der Waals surface area contributed by atoms with E-state index in [9.17, 15) is 0 Å². The fourth-order valence-electron chi connectivity index (χ4n) is 1.97. The summed E-state index contributed by atoms with van der Waals surface area (Å²) in [5.41, 5.74) is 2.19. The first kappa shape index (κ1) is 15.1. The number of rotatable bonds is 6. The third-order valence-electron chi connectivity index (χ3n) is 2.90. The number of methoxy groups -OCH3 is 1. The molecule has 0 unspecified atom stereocenters. The highest BCUT2D eigenvalue weighted by Gasteiger charge is 2.06. The molecule has 0 bridgehead atoms. The van der Waals surface area contributed by atoms with E-state index in [0.717, 1.165) is 27.8 Å². The first-order chi connectivity index (χ1) is 9.74. The molecule has 106 valence electrons. The number of hydrogen-bond donors (Lipinski definition) is 1. The summed E-state index contributed by atoms with van der Waals surface area (Å²) in [5, 5.41) is 4.18. The van der Waals surface area contributed by atoms with Crippen LogP contribution in [0, 0.1) is 0 Å². The molecule has 0 aromatic heterocycles. The predicted molar refractivity (Wildman–Crippen MR) is 88.2 cm³/mol. The molecule has 2 nitrogen and oxygen atoms in total. The lowest BCUT2D eigenvalue weighted by Gasteiger charge is -2.13. The third kappa shape index (κ3) is 3.84. The van der Waals surface area contributed by atoms with Crippen LogP contribution < -0.4 is 10.1 Å². The van der Waals surface area contributed by atoms with Crippen LogP contribution in [0.5, 0.6) is 5.75 Å². The number of benzene rings is 2. The first-order valence-electron chi connectivity index (χ1n) is 6.52. The van der Waals surface area contributed by atoms with E-state index in [1.807, 2.05) is 36.0 Å². The van der Waals surface area contributed by atoms with Gasteiger partial charge >= 0.3 is 0 Å². The molecular formula is C16H18ClNOS. The Morgan fingerprint density at radius 3 is 2.75 bits per heavy atom. The van der Waals surface area contributed by atoms with Gasteiger partial charge in [-0.15, -0.1) is 11.8 Å². The minimum atomic E-state index is 0.686. The maximum atomic E-state index is 6.05. The summed E-state index contributed by atoms with van der Waals surface area (Å²) in [5.74, 6) is 1.90. The predicted octanol–water partition coefficient (Wildman–Crippen LogP) is 5.07. The number of hydrogen-bond acceptors (Lipinski definition) is 3. The van der Waals surface area contributed by atoms with Gasteiger partial charge in [0, 0.05) is 27.7 Å². The van der Waals surface area contributed by atoms with E-state index in [4.69, 9.17) is 16.3 Å². The number of thioether (sulfide) groups is 1. The van der Waals surface area contributed by atoms with E-state index < -0.39 is 0 Å². The van der Waals surface area contributed by atoms with Crippen molar-refractivity contribution in [3.8, 4) is 5.75 Å². The molecule has 0 saturated heterocycles. The SMILES string of the molecule is CCSc1ccccc1NCc1cc(Cl)ccc1OC. The van der Waals surface area contributed by atoms with Gasteiger partial charge in [-0.1, -0.05) is 30.7 Å². The second-order valence-corrected chi connectivity index (χ2v) is 5.98. The van der Waals surface area contributed by atoms with Crippen molar-refractivity contribution in [1.82, 2.24) is 0 Å². The molecular weight excluding hydrogens is 290 g/mol. The van der Waals surface area contributed by atoms with E-state index in [2.05, 4.69) is 30.4 Å². The molecule has 0 radical (unpaired) electrons. The van der Waals surface area contributed by atoms with Gasteiger partial charge in [0.25, 0.3) is 0 Å². The molecule has 0 amide bonds. The summed E-state index contributed by atoms with van der Waals surface area (Å²) in [4.78, 5) is 1.26. The molecule has 2 rings (SSSR count). The smallest absolute Gasteiger partial charge is 0.123 e. The summed E-state index contributed by atoms with van der Waals surface area (Å²) in [6, 6.07) is 14.0. The normalized spacial score (nSPS) is 10.3. The molecule has 4 heteroatoms. The fraction of sp³-hybridized carbons (Fsp3) is 0.250. The molecule has 2 aromatic rings. The Hall–Kier alpha value is -1.32. The summed E-state index contributed by atoms with van der Waals surface area (Å²) in [6.45, 7) is 2.84. The Bertz CT molecular complexity index is 574. The van der Waals surface area contributed by atoms with Crippen LogP contribution in [0.1, 0.15) is 12.5 Å². The van der Waals surface area contributed by atoms with Crippen molar-refractivity contribution >= 4 is 29.1 Å². The maximum Gasteiger partial charge on any atom is 0.123 e. The third-order valence-corrected chi connectivity index (χ3v) is 4.09. The largest absolute Gasteiger partial charge is 0.496 e. The summed E-state index contributed by atoms with van der Waals surface area (Å²) < 4.78 is 5.36. The first-order valence-corrected chi connectivity index (χ1v) is 7.89. The Morgan fingerprint density at radius 1 is 1.20 bits per heavy atom. The van der Waals surface area contributed by atoms with Crippen LogP contribution in [-0.4, -0.2) is 12.9 Å². The Balaban J connectivity index is 2.14. The minimum Gasteiger partial charge on any atom is -0.496 e. The highest BCUT2D eigenvalue weighted by Crippen LogP contribution is 2.28. The van der Waals surface area contributed by atoms with Crippen molar-refractivity contribution in [2.45, 2.75) is 18.4 Å². The number of ether oxygens (including phenoxy) is 1. The highest BCUT2D eigenvalue weighted by molar-refractivity contribution is 7.99. The number of anilines is 1. The molecule has 0 spiro atoms. The van der Waals surface area contributed by atoms with Gasteiger partial charge in [0.15, 0.2) is 0 Å². The zero-order valence-corrected chi connectivity index (χ0v) is 13.2. The second-order valence-electron chi connectivity index (χ2n) is 4.24. The van der Waals surface area contributed by atoms with Gasteiger partial charge in [0.05, 0.1) is 7.11 Å². The van der Waals surface area contributed by atoms with Gasteiger partial charge in [-0.25, -0.2) is 0 Å². The van der Waals surface area contributed by atoms with Crippen LogP contribution >= 0.6 is 23.4 Å². The van der Waals surface area contributed by atoms with E-state index in [1.54, 1.807) is 7.11 Å². The molecule has 0 atom stereocenters. The van der Waals surface area contributed by atoms with Gasteiger partial charge in [-0.2, -0.15) is 0 Å². The van der Waals surface area contributed by atoms with E-state index in [0.29, 0.717) is 6.54 Å². The second kappa shape index (κ2) is 7.46. The average molecular weight is 308 g/mol. The standard InChI is InChI=1S/C16H18ClNOS/c1-3-20-16-7-5-4-6-14(16)18-11-12-10-13(17)8-9-15(12)19-2/h4-10,18H,3,11H2,1-2H3. The quantitative estimate of drug-likeness (QED) is 0.753. The zero-order chi connectivity index (χ0) is 14.4. The molecule has 1 N–H and O–H groups in total. The van der Waals surface area contributed by atoms with Gasteiger partial charge in [-0.3, -0.25) is 0 Å². The van der Waals surface area contributed by atoms with Crippen LogP contribution in [0.3, 0.4) is 0 Å². The van der Waals surface area contributed by atoms with Gasteiger partial charge in [0.1, 0.15) is 5.75 Å². The van der Waals surface area contributed by atoms with Crippen LogP contribution in [0.4, 0.5) is 5.69 Å². The monoisotopic (exact) mass is 307 g/mol. The van der Waals surface area contributed by atoms with Crippen molar-refractivity contribution in [3.63, 3.8) is 0 Å².